The highest BCUT2D eigenvalue weighted by atomic mass is 16.3. The third kappa shape index (κ3) is 5.82. The molecule has 2 N–H and O–H groups in total. The van der Waals surface area contributed by atoms with Crippen LogP contribution in [-0.4, -0.2) is 85.3 Å². The van der Waals surface area contributed by atoms with Crippen molar-refractivity contribution in [3.05, 3.63) is 29.8 Å². The molecule has 0 aromatic heterocycles. The first-order chi connectivity index (χ1) is 10.9. The third-order valence-electron chi connectivity index (χ3n) is 4.20. The van der Waals surface area contributed by atoms with E-state index in [1.54, 1.807) is 7.05 Å². The van der Waals surface area contributed by atoms with Crippen LogP contribution in [0, 0.1) is 6.92 Å². The highest BCUT2D eigenvalue weighted by molar-refractivity contribution is 5.89. The lowest BCUT2D eigenvalue weighted by Gasteiger charge is -2.34. The topological polar surface area (TPSA) is 59.1 Å². The van der Waals surface area contributed by atoms with Crippen LogP contribution in [0.25, 0.3) is 0 Å². The molecule has 1 aliphatic rings. The number of aliphatic hydroxyl groups excluding tert-OH is 1. The summed E-state index contributed by atoms with van der Waals surface area (Å²) in [6.07, 6.45) is -0.535. The van der Waals surface area contributed by atoms with Crippen LogP contribution in [0.2, 0.25) is 0 Å². The molecule has 1 heterocycles. The number of hydrogen-bond acceptors (Lipinski definition) is 4. The van der Waals surface area contributed by atoms with E-state index in [0.29, 0.717) is 13.1 Å². The maximum absolute atomic E-state index is 12.2. The van der Waals surface area contributed by atoms with Crippen LogP contribution in [0.15, 0.2) is 24.3 Å². The van der Waals surface area contributed by atoms with Gasteiger partial charge in [-0.25, -0.2) is 4.79 Å². The molecule has 1 aliphatic heterocycles. The van der Waals surface area contributed by atoms with Gasteiger partial charge in [0.2, 0.25) is 0 Å². The molecule has 128 valence electrons. The number of aryl methyl sites for hydroxylation is 1. The molecular formula is C17H28N4O2. The zero-order chi connectivity index (χ0) is 16.8. The van der Waals surface area contributed by atoms with Crippen molar-refractivity contribution in [1.82, 2.24) is 14.7 Å². The summed E-state index contributed by atoms with van der Waals surface area (Å²) in [6, 6.07) is 7.46. The van der Waals surface area contributed by atoms with E-state index in [9.17, 15) is 9.90 Å². The molecule has 1 aromatic rings. The van der Waals surface area contributed by atoms with Gasteiger partial charge in [-0.05, 0) is 26.1 Å². The number of nitrogens with one attached hydrogen (secondary N) is 1. The molecule has 0 saturated carbocycles. The zero-order valence-electron chi connectivity index (χ0n) is 14.3. The molecule has 1 atom stereocenters. The molecule has 1 saturated heterocycles. The van der Waals surface area contributed by atoms with E-state index < -0.39 is 6.10 Å². The lowest BCUT2D eigenvalue weighted by atomic mass is 10.2. The Kier molecular flexibility index (Phi) is 6.38. The van der Waals surface area contributed by atoms with Gasteiger partial charge in [0.15, 0.2) is 0 Å². The number of urea groups is 1. The molecule has 1 fully saturated rings. The van der Waals surface area contributed by atoms with Crippen LogP contribution >= 0.6 is 0 Å². The van der Waals surface area contributed by atoms with Crippen molar-refractivity contribution in [3.63, 3.8) is 0 Å². The summed E-state index contributed by atoms with van der Waals surface area (Å²) in [6.45, 7) is 6.92. The zero-order valence-corrected chi connectivity index (χ0v) is 14.3. The second-order valence-corrected chi connectivity index (χ2v) is 6.43. The summed E-state index contributed by atoms with van der Waals surface area (Å²) in [5.41, 5.74) is 1.92. The molecule has 2 amide bonds. The SMILES string of the molecule is Cc1ccc(NC(=O)N(C)CC(O)CN2CCN(C)CC2)cc1. The largest absolute Gasteiger partial charge is 0.390 e. The number of piperazine rings is 1. The van der Waals surface area contributed by atoms with Crippen molar-refractivity contribution >= 4 is 11.7 Å². The lowest BCUT2D eigenvalue weighted by molar-refractivity contribution is 0.0670. The van der Waals surface area contributed by atoms with Gasteiger partial charge in [0.25, 0.3) is 0 Å². The molecule has 0 spiro atoms. The molecule has 0 bridgehead atoms. The first-order valence-corrected chi connectivity index (χ1v) is 8.12. The minimum atomic E-state index is -0.535. The molecule has 2 rings (SSSR count). The quantitative estimate of drug-likeness (QED) is 0.852. The summed E-state index contributed by atoms with van der Waals surface area (Å²) in [5.74, 6) is 0. The van der Waals surface area contributed by atoms with E-state index >= 15 is 0 Å². The smallest absolute Gasteiger partial charge is 0.321 e. The van der Waals surface area contributed by atoms with Crippen LogP contribution in [-0.2, 0) is 0 Å². The molecule has 0 radical (unpaired) electrons. The van der Waals surface area contributed by atoms with Gasteiger partial charge < -0.3 is 20.2 Å². The molecular weight excluding hydrogens is 292 g/mol. The number of carbonyl (C=O) groups is 1. The molecule has 0 aliphatic carbocycles. The number of likely N-dealkylation sites (N-methyl/N-ethyl adjacent to an activating group) is 2. The Morgan fingerprint density at radius 2 is 1.87 bits per heavy atom. The van der Waals surface area contributed by atoms with Gasteiger partial charge in [0.1, 0.15) is 0 Å². The van der Waals surface area contributed by atoms with E-state index in [4.69, 9.17) is 0 Å². The van der Waals surface area contributed by atoms with Gasteiger partial charge >= 0.3 is 6.03 Å². The number of benzene rings is 1. The minimum Gasteiger partial charge on any atom is -0.390 e. The fraction of sp³-hybridized carbons (Fsp3) is 0.588. The fourth-order valence-electron chi connectivity index (χ4n) is 2.64. The van der Waals surface area contributed by atoms with Crippen LogP contribution in [0.4, 0.5) is 10.5 Å². The number of amides is 2. The van der Waals surface area contributed by atoms with E-state index in [1.165, 1.54) is 4.90 Å². The van der Waals surface area contributed by atoms with E-state index in [2.05, 4.69) is 22.2 Å². The number of anilines is 1. The van der Waals surface area contributed by atoms with Crippen LogP contribution in [0.5, 0.6) is 0 Å². The Bertz CT molecular complexity index is 498. The number of carbonyl (C=O) groups excluding carboxylic acids is 1. The van der Waals surface area contributed by atoms with Crippen molar-refractivity contribution in [2.24, 2.45) is 0 Å². The first-order valence-electron chi connectivity index (χ1n) is 8.12. The number of nitrogens with zero attached hydrogens (tertiary/aromatic N) is 3. The standard InChI is InChI=1S/C17H28N4O2/c1-14-4-6-15(7-5-14)18-17(23)20(3)12-16(22)13-21-10-8-19(2)9-11-21/h4-7,16,22H,8-13H2,1-3H3,(H,18,23). The Hall–Kier alpha value is -1.63. The summed E-state index contributed by atoms with van der Waals surface area (Å²) >= 11 is 0. The van der Waals surface area contributed by atoms with Gasteiger partial charge in [-0.15, -0.1) is 0 Å². The highest BCUT2D eigenvalue weighted by Gasteiger charge is 2.19. The molecule has 1 aromatic carbocycles. The summed E-state index contributed by atoms with van der Waals surface area (Å²) in [7, 11) is 3.81. The second kappa shape index (κ2) is 8.29. The maximum atomic E-state index is 12.2. The highest BCUT2D eigenvalue weighted by Crippen LogP contribution is 2.09. The van der Waals surface area contributed by atoms with Crippen molar-refractivity contribution in [1.29, 1.82) is 0 Å². The molecule has 6 nitrogen and oxygen atoms in total. The number of rotatable bonds is 5. The predicted octanol–water partition coefficient (Wildman–Crippen LogP) is 1.07. The van der Waals surface area contributed by atoms with Gasteiger partial charge in [-0.1, -0.05) is 17.7 Å². The fourth-order valence-corrected chi connectivity index (χ4v) is 2.64. The summed E-state index contributed by atoms with van der Waals surface area (Å²) in [5, 5.41) is 13.1. The van der Waals surface area contributed by atoms with Crippen LogP contribution < -0.4 is 5.32 Å². The van der Waals surface area contributed by atoms with Gasteiger partial charge in [-0.2, -0.15) is 0 Å². The first kappa shape index (κ1) is 17.7. The monoisotopic (exact) mass is 320 g/mol. The van der Waals surface area contributed by atoms with E-state index in [0.717, 1.165) is 37.4 Å². The van der Waals surface area contributed by atoms with Gasteiger partial charge in [0, 0.05) is 52.0 Å². The number of β-amino-alcohol motifs (C(OH)–C–C–N with tert-alkyl or cyclic N) is 1. The molecule has 1 unspecified atom stereocenters. The summed E-state index contributed by atoms with van der Waals surface area (Å²) in [4.78, 5) is 18.2. The van der Waals surface area contributed by atoms with Gasteiger partial charge in [0.05, 0.1) is 6.10 Å². The Morgan fingerprint density at radius 3 is 2.48 bits per heavy atom. The van der Waals surface area contributed by atoms with E-state index in [1.807, 2.05) is 31.2 Å². The number of aliphatic hydroxyl groups is 1. The Labute approximate surface area is 138 Å². The predicted molar refractivity (Wildman–Crippen MR) is 92.8 cm³/mol. The maximum Gasteiger partial charge on any atom is 0.321 e. The average Bonchev–Trinajstić information content (AvgIpc) is 2.51. The van der Waals surface area contributed by atoms with E-state index in [-0.39, 0.29) is 6.03 Å². The van der Waals surface area contributed by atoms with Crippen molar-refractivity contribution in [2.45, 2.75) is 13.0 Å². The molecule has 23 heavy (non-hydrogen) atoms. The van der Waals surface area contributed by atoms with Crippen molar-refractivity contribution in [2.75, 3.05) is 58.7 Å². The summed E-state index contributed by atoms with van der Waals surface area (Å²) < 4.78 is 0. The number of hydrogen-bond donors (Lipinski definition) is 2. The second-order valence-electron chi connectivity index (χ2n) is 6.43. The third-order valence-corrected chi connectivity index (χ3v) is 4.20. The molecule has 6 heteroatoms. The van der Waals surface area contributed by atoms with Gasteiger partial charge in [-0.3, -0.25) is 4.90 Å². The Balaban J connectivity index is 1.75. The van der Waals surface area contributed by atoms with Crippen LogP contribution in [0.3, 0.4) is 0 Å². The lowest BCUT2D eigenvalue weighted by Crippen LogP contribution is -2.49. The Morgan fingerprint density at radius 1 is 1.26 bits per heavy atom. The minimum absolute atomic E-state index is 0.203. The van der Waals surface area contributed by atoms with Crippen LogP contribution in [0.1, 0.15) is 5.56 Å². The van der Waals surface area contributed by atoms with Crippen molar-refractivity contribution in [3.8, 4) is 0 Å². The normalized spacial score (nSPS) is 17.7. The average molecular weight is 320 g/mol. The van der Waals surface area contributed by atoms with Crippen molar-refractivity contribution < 1.29 is 9.90 Å².